The molecule has 0 unspecified atom stereocenters. The maximum atomic E-state index is 11.7. The quantitative estimate of drug-likeness (QED) is 0.626. The Hall–Kier alpha value is -1.64. The van der Waals surface area contributed by atoms with E-state index in [1.54, 1.807) is 12.1 Å². The lowest BCUT2D eigenvalue weighted by atomic mass is 10.0. The zero-order chi connectivity index (χ0) is 12.8. The fourth-order valence-corrected chi connectivity index (χ4v) is 1.57. The molecule has 0 spiro atoms. The SMILES string of the molecule is CCCc1ccc(C(=O)C(=O)NC(C)C)cc1. The topological polar surface area (TPSA) is 46.2 Å². The molecule has 1 aromatic carbocycles. The molecule has 0 saturated carbocycles. The Bertz CT molecular complexity index is 393. The summed E-state index contributed by atoms with van der Waals surface area (Å²) in [5.74, 6) is -1.01. The van der Waals surface area contributed by atoms with Gasteiger partial charge in [-0.05, 0) is 25.8 Å². The first-order valence-corrected chi connectivity index (χ1v) is 5.98. The Morgan fingerprint density at radius 2 is 1.76 bits per heavy atom. The van der Waals surface area contributed by atoms with E-state index in [9.17, 15) is 9.59 Å². The van der Waals surface area contributed by atoms with Crippen LogP contribution in [-0.2, 0) is 11.2 Å². The van der Waals surface area contributed by atoms with Crippen LogP contribution in [-0.4, -0.2) is 17.7 Å². The predicted octanol–water partition coefficient (Wildman–Crippen LogP) is 2.35. The Labute approximate surface area is 102 Å². The minimum atomic E-state index is -0.539. The van der Waals surface area contributed by atoms with Gasteiger partial charge < -0.3 is 5.32 Å². The van der Waals surface area contributed by atoms with Gasteiger partial charge in [0.05, 0.1) is 0 Å². The van der Waals surface area contributed by atoms with Crippen LogP contribution in [0.4, 0.5) is 0 Å². The molecule has 17 heavy (non-hydrogen) atoms. The van der Waals surface area contributed by atoms with Crippen LogP contribution >= 0.6 is 0 Å². The molecule has 0 aliphatic rings. The van der Waals surface area contributed by atoms with Gasteiger partial charge in [-0.25, -0.2) is 0 Å². The van der Waals surface area contributed by atoms with Crippen molar-refractivity contribution in [3.8, 4) is 0 Å². The normalized spacial score (nSPS) is 10.4. The van der Waals surface area contributed by atoms with Gasteiger partial charge in [-0.3, -0.25) is 9.59 Å². The molecular formula is C14H19NO2. The minimum absolute atomic E-state index is 0.0224. The molecule has 3 heteroatoms. The van der Waals surface area contributed by atoms with Crippen LogP contribution in [0.2, 0.25) is 0 Å². The second-order valence-corrected chi connectivity index (χ2v) is 4.40. The highest BCUT2D eigenvalue weighted by Gasteiger charge is 2.16. The molecule has 0 bridgehead atoms. The van der Waals surface area contributed by atoms with Crippen molar-refractivity contribution in [1.82, 2.24) is 5.32 Å². The van der Waals surface area contributed by atoms with Gasteiger partial charge in [0.25, 0.3) is 5.91 Å². The third-order valence-electron chi connectivity index (χ3n) is 2.38. The van der Waals surface area contributed by atoms with Gasteiger partial charge in [0, 0.05) is 11.6 Å². The van der Waals surface area contributed by atoms with E-state index < -0.39 is 11.7 Å². The van der Waals surface area contributed by atoms with E-state index in [-0.39, 0.29) is 6.04 Å². The van der Waals surface area contributed by atoms with Crippen LogP contribution in [0, 0.1) is 0 Å². The van der Waals surface area contributed by atoms with Gasteiger partial charge in [-0.1, -0.05) is 37.6 Å². The van der Waals surface area contributed by atoms with Gasteiger partial charge in [-0.15, -0.1) is 0 Å². The molecule has 0 radical (unpaired) electrons. The molecule has 92 valence electrons. The van der Waals surface area contributed by atoms with E-state index >= 15 is 0 Å². The summed E-state index contributed by atoms with van der Waals surface area (Å²) in [7, 11) is 0. The van der Waals surface area contributed by atoms with Crippen LogP contribution in [0.25, 0.3) is 0 Å². The Kier molecular flexibility index (Phi) is 4.88. The summed E-state index contributed by atoms with van der Waals surface area (Å²) in [4.78, 5) is 23.2. The number of carbonyl (C=O) groups excluding carboxylic acids is 2. The molecule has 0 aromatic heterocycles. The standard InChI is InChI=1S/C14H19NO2/c1-4-5-11-6-8-12(9-7-11)13(16)14(17)15-10(2)3/h6-10H,4-5H2,1-3H3,(H,15,17). The van der Waals surface area contributed by atoms with E-state index in [0.29, 0.717) is 5.56 Å². The highest BCUT2D eigenvalue weighted by Crippen LogP contribution is 2.07. The Morgan fingerprint density at radius 1 is 1.18 bits per heavy atom. The molecule has 0 aliphatic carbocycles. The molecule has 0 atom stereocenters. The molecule has 0 aliphatic heterocycles. The van der Waals surface area contributed by atoms with Crippen LogP contribution in [0.1, 0.15) is 43.1 Å². The van der Waals surface area contributed by atoms with Gasteiger partial charge in [0.2, 0.25) is 5.78 Å². The van der Waals surface area contributed by atoms with E-state index in [0.717, 1.165) is 12.8 Å². The van der Waals surface area contributed by atoms with Crippen molar-refractivity contribution in [1.29, 1.82) is 0 Å². The number of carbonyl (C=O) groups is 2. The predicted molar refractivity (Wildman–Crippen MR) is 68.0 cm³/mol. The highest BCUT2D eigenvalue weighted by atomic mass is 16.2. The summed E-state index contributed by atoms with van der Waals surface area (Å²) in [5, 5.41) is 2.59. The average molecular weight is 233 g/mol. The number of aryl methyl sites for hydroxylation is 1. The zero-order valence-electron chi connectivity index (χ0n) is 10.6. The molecule has 1 N–H and O–H groups in total. The smallest absolute Gasteiger partial charge is 0.292 e. The molecule has 1 amide bonds. The Morgan fingerprint density at radius 3 is 2.24 bits per heavy atom. The van der Waals surface area contributed by atoms with Crippen molar-refractivity contribution in [3.05, 3.63) is 35.4 Å². The van der Waals surface area contributed by atoms with E-state index in [4.69, 9.17) is 0 Å². The zero-order valence-corrected chi connectivity index (χ0v) is 10.6. The number of hydrogen-bond donors (Lipinski definition) is 1. The number of hydrogen-bond acceptors (Lipinski definition) is 2. The minimum Gasteiger partial charge on any atom is -0.347 e. The summed E-state index contributed by atoms with van der Waals surface area (Å²) in [5.41, 5.74) is 1.64. The van der Waals surface area contributed by atoms with E-state index in [1.807, 2.05) is 26.0 Å². The molecule has 3 nitrogen and oxygen atoms in total. The van der Waals surface area contributed by atoms with Crippen molar-refractivity contribution in [2.45, 2.75) is 39.7 Å². The number of benzene rings is 1. The van der Waals surface area contributed by atoms with Crippen molar-refractivity contribution in [3.63, 3.8) is 0 Å². The first-order chi connectivity index (χ1) is 8.04. The molecule has 0 heterocycles. The van der Waals surface area contributed by atoms with Crippen molar-refractivity contribution in [2.24, 2.45) is 0 Å². The average Bonchev–Trinajstić information content (AvgIpc) is 2.28. The summed E-state index contributed by atoms with van der Waals surface area (Å²) < 4.78 is 0. The fourth-order valence-electron chi connectivity index (χ4n) is 1.57. The largest absolute Gasteiger partial charge is 0.347 e. The molecular weight excluding hydrogens is 214 g/mol. The number of rotatable bonds is 5. The lowest BCUT2D eigenvalue weighted by molar-refractivity contribution is -0.117. The molecule has 1 aromatic rings. The van der Waals surface area contributed by atoms with Crippen LogP contribution in [0.5, 0.6) is 0 Å². The van der Waals surface area contributed by atoms with Gasteiger partial charge in [0.15, 0.2) is 0 Å². The third-order valence-corrected chi connectivity index (χ3v) is 2.38. The van der Waals surface area contributed by atoms with Crippen molar-refractivity contribution < 1.29 is 9.59 Å². The maximum Gasteiger partial charge on any atom is 0.292 e. The molecule has 0 saturated heterocycles. The number of nitrogens with one attached hydrogen (secondary N) is 1. The van der Waals surface area contributed by atoms with Gasteiger partial charge >= 0.3 is 0 Å². The van der Waals surface area contributed by atoms with E-state index in [2.05, 4.69) is 12.2 Å². The second-order valence-electron chi connectivity index (χ2n) is 4.40. The summed E-state index contributed by atoms with van der Waals surface area (Å²) in [6.07, 6.45) is 2.06. The maximum absolute atomic E-state index is 11.7. The fraction of sp³-hybridized carbons (Fsp3) is 0.429. The van der Waals surface area contributed by atoms with Crippen LogP contribution in [0.3, 0.4) is 0 Å². The lowest BCUT2D eigenvalue weighted by Gasteiger charge is -2.07. The monoisotopic (exact) mass is 233 g/mol. The van der Waals surface area contributed by atoms with Gasteiger partial charge in [-0.2, -0.15) is 0 Å². The van der Waals surface area contributed by atoms with Gasteiger partial charge in [0.1, 0.15) is 0 Å². The van der Waals surface area contributed by atoms with E-state index in [1.165, 1.54) is 5.56 Å². The summed E-state index contributed by atoms with van der Waals surface area (Å²) in [6, 6.07) is 7.21. The number of amides is 1. The first kappa shape index (κ1) is 13.4. The third kappa shape index (κ3) is 4.02. The molecule has 1 rings (SSSR count). The second kappa shape index (κ2) is 6.18. The first-order valence-electron chi connectivity index (χ1n) is 5.98. The highest BCUT2D eigenvalue weighted by molar-refractivity contribution is 6.42. The lowest BCUT2D eigenvalue weighted by Crippen LogP contribution is -2.35. The molecule has 0 fully saturated rings. The number of Topliss-reactive ketones (excluding diaryl/α,β-unsaturated/α-hetero) is 1. The van der Waals surface area contributed by atoms with Crippen molar-refractivity contribution >= 4 is 11.7 Å². The summed E-state index contributed by atoms with van der Waals surface area (Å²) in [6.45, 7) is 5.76. The number of ketones is 1. The van der Waals surface area contributed by atoms with Crippen LogP contribution < -0.4 is 5.32 Å². The Balaban J connectivity index is 2.72. The van der Waals surface area contributed by atoms with Crippen LogP contribution in [0.15, 0.2) is 24.3 Å². The summed E-state index contributed by atoms with van der Waals surface area (Å²) >= 11 is 0. The van der Waals surface area contributed by atoms with Crippen molar-refractivity contribution in [2.75, 3.05) is 0 Å².